The molecule has 3 rings (SSSR count). The summed E-state index contributed by atoms with van der Waals surface area (Å²) in [6, 6.07) is 5.66. The second-order valence-electron chi connectivity index (χ2n) is 6.75. The van der Waals surface area contributed by atoms with Crippen LogP contribution in [0, 0.1) is 6.92 Å². The van der Waals surface area contributed by atoms with Crippen molar-refractivity contribution in [2.75, 3.05) is 25.0 Å². The van der Waals surface area contributed by atoms with Crippen LogP contribution in [0.3, 0.4) is 0 Å². The average molecular weight is 371 g/mol. The Hall–Kier alpha value is -2.81. The first-order valence-electron chi connectivity index (χ1n) is 9.22. The fourth-order valence-corrected chi connectivity index (χ4v) is 3.14. The predicted octanol–water partition coefficient (Wildman–Crippen LogP) is 0.900. The van der Waals surface area contributed by atoms with Crippen molar-refractivity contribution in [3.63, 3.8) is 0 Å². The van der Waals surface area contributed by atoms with E-state index in [9.17, 15) is 9.59 Å². The van der Waals surface area contributed by atoms with Crippen LogP contribution in [0.1, 0.15) is 31.9 Å². The van der Waals surface area contributed by atoms with Crippen LogP contribution in [-0.2, 0) is 9.59 Å². The van der Waals surface area contributed by atoms with Crippen LogP contribution in [0.15, 0.2) is 24.4 Å². The Morgan fingerprint density at radius 2 is 2.04 bits per heavy atom. The number of nitrogens with zero attached hydrogens (tertiary/aromatic N) is 5. The molecule has 3 heterocycles. The molecule has 2 aromatic heterocycles. The van der Waals surface area contributed by atoms with E-state index in [1.807, 2.05) is 6.92 Å². The van der Waals surface area contributed by atoms with Crippen molar-refractivity contribution in [3.8, 4) is 5.82 Å². The van der Waals surface area contributed by atoms with Gasteiger partial charge in [0.25, 0.3) is 0 Å². The third-order valence-electron chi connectivity index (χ3n) is 4.72. The molecule has 1 aliphatic heterocycles. The van der Waals surface area contributed by atoms with Gasteiger partial charge in [-0.25, -0.2) is 0 Å². The van der Waals surface area contributed by atoms with Gasteiger partial charge in [-0.15, -0.1) is 5.10 Å². The van der Waals surface area contributed by atoms with Gasteiger partial charge in [-0.2, -0.15) is 14.9 Å². The van der Waals surface area contributed by atoms with E-state index in [4.69, 9.17) is 0 Å². The van der Waals surface area contributed by atoms with Gasteiger partial charge >= 0.3 is 11.8 Å². The summed E-state index contributed by atoms with van der Waals surface area (Å²) in [5.74, 6) is -0.579. The molecule has 1 aliphatic rings. The highest BCUT2D eigenvalue weighted by Gasteiger charge is 2.20. The normalized spacial score (nSPS) is 17.5. The highest BCUT2D eigenvalue weighted by atomic mass is 16.2. The van der Waals surface area contributed by atoms with E-state index in [2.05, 4.69) is 37.8 Å². The maximum atomic E-state index is 12.2. The number of nitrogens with one attached hydrogen (secondary N) is 2. The Morgan fingerprint density at radius 3 is 2.78 bits per heavy atom. The molecule has 2 amide bonds. The maximum absolute atomic E-state index is 12.2. The molecule has 0 radical (unpaired) electrons. The first-order valence-corrected chi connectivity index (χ1v) is 9.22. The number of amides is 2. The van der Waals surface area contributed by atoms with Crippen LogP contribution < -0.4 is 10.6 Å². The quantitative estimate of drug-likeness (QED) is 0.757. The molecule has 0 aromatic carbocycles. The molecule has 1 saturated heterocycles. The van der Waals surface area contributed by atoms with Crippen molar-refractivity contribution in [3.05, 3.63) is 30.1 Å². The Morgan fingerprint density at radius 1 is 1.19 bits per heavy atom. The van der Waals surface area contributed by atoms with Crippen molar-refractivity contribution >= 4 is 17.6 Å². The van der Waals surface area contributed by atoms with E-state index in [-0.39, 0.29) is 0 Å². The molecule has 27 heavy (non-hydrogen) atoms. The van der Waals surface area contributed by atoms with Crippen LogP contribution in [0.4, 0.5) is 5.82 Å². The Labute approximate surface area is 158 Å². The summed E-state index contributed by atoms with van der Waals surface area (Å²) in [5.41, 5.74) is 0.777. The van der Waals surface area contributed by atoms with E-state index >= 15 is 0 Å². The summed E-state index contributed by atoms with van der Waals surface area (Å²) in [4.78, 5) is 26.6. The van der Waals surface area contributed by atoms with Gasteiger partial charge in [0.2, 0.25) is 0 Å². The van der Waals surface area contributed by atoms with Gasteiger partial charge in [0, 0.05) is 25.2 Å². The van der Waals surface area contributed by atoms with Gasteiger partial charge in [0.05, 0.1) is 11.9 Å². The first kappa shape index (κ1) is 19.0. The lowest BCUT2D eigenvalue weighted by Crippen LogP contribution is -2.44. The SMILES string of the molecule is Cc1ccc(-n2nccc2NC(=O)C(=O)NCCN2CCCC[C@H]2C)nn1. The number of hydrogen-bond donors (Lipinski definition) is 2. The van der Waals surface area contributed by atoms with E-state index < -0.39 is 11.8 Å². The third-order valence-corrected chi connectivity index (χ3v) is 4.72. The van der Waals surface area contributed by atoms with Crippen molar-refractivity contribution < 1.29 is 9.59 Å². The number of aryl methyl sites for hydroxylation is 1. The van der Waals surface area contributed by atoms with Gasteiger partial charge in [-0.1, -0.05) is 6.42 Å². The summed E-state index contributed by atoms with van der Waals surface area (Å²) in [6.07, 6.45) is 5.14. The fourth-order valence-electron chi connectivity index (χ4n) is 3.14. The summed E-state index contributed by atoms with van der Waals surface area (Å²) < 4.78 is 1.42. The van der Waals surface area contributed by atoms with Crippen molar-refractivity contribution in [1.82, 2.24) is 30.2 Å². The largest absolute Gasteiger partial charge is 0.347 e. The highest BCUT2D eigenvalue weighted by molar-refractivity contribution is 6.39. The molecule has 1 fully saturated rings. The van der Waals surface area contributed by atoms with E-state index in [0.717, 1.165) is 18.8 Å². The molecule has 0 bridgehead atoms. The molecule has 0 unspecified atom stereocenters. The minimum atomic E-state index is -0.733. The van der Waals surface area contributed by atoms with Crippen LogP contribution in [0.25, 0.3) is 5.82 Å². The molecule has 0 aliphatic carbocycles. The molecule has 0 spiro atoms. The molecule has 1 atom stereocenters. The van der Waals surface area contributed by atoms with Gasteiger partial charge in [0.1, 0.15) is 5.82 Å². The lowest BCUT2D eigenvalue weighted by molar-refractivity contribution is -0.136. The number of carbonyl (C=O) groups excluding carboxylic acids is 2. The summed E-state index contributed by atoms with van der Waals surface area (Å²) in [7, 11) is 0. The van der Waals surface area contributed by atoms with Gasteiger partial charge in [-0.05, 0) is 45.4 Å². The fraction of sp³-hybridized carbons (Fsp3) is 0.500. The second-order valence-corrected chi connectivity index (χ2v) is 6.75. The van der Waals surface area contributed by atoms with Gasteiger partial charge in [-0.3, -0.25) is 14.5 Å². The number of likely N-dealkylation sites (tertiary alicyclic amines) is 1. The lowest BCUT2D eigenvalue weighted by Gasteiger charge is -2.33. The number of hydrogen-bond acceptors (Lipinski definition) is 6. The van der Waals surface area contributed by atoms with E-state index in [0.29, 0.717) is 24.2 Å². The minimum Gasteiger partial charge on any atom is -0.347 e. The number of anilines is 1. The molecule has 9 nitrogen and oxygen atoms in total. The van der Waals surface area contributed by atoms with E-state index in [1.165, 1.54) is 30.1 Å². The zero-order chi connectivity index (χ0) is 19.2. The zero-order valence-electron chi connectivity index (χ0n) is 15.7. The molecular weight excluding hydrogens is 346 g/mol. The highest BCUT2D eigenvalue weighted by Crippen LogP contribution is 2.15. The molecular formula is C18H25N7O2. The third kappa shape index (κ3) is 4.88. The number of carbonyl (C=O) groups is 2. The summed E-state index contributed by atoms with van der Waals surface area (Å²) in [6.45, 7) is 6.26. The minimum absolute atomic E-state index is 0.359. The standard InChI is InChI=1S/C18H25N7O2/c1-13-6-7-16(23-22-13)25-15(8-9-20-25)21-18(27)17(26)19-10-12-24-11-4-3-5-14(24)2/h6-9,14H,3-5,10-12H2,1-2H3,(H,19,26)(H,21,27)/t14-/m1/s1. The smallest absolute Gasteiger partial charge is 0.314 e. The van der Waals surface area contributed by atoms with Crippen LogP contribution >= 0.6 is 0 Å². The van der Waals surface area contributed by atoms with Crippen molar-refractivity contribution in [2.45, 2.75) is 39.2 Å². The Bertz CT molecular complexity index is 787. The van der Waals surface area contributed by atoms with Crippen molar-refractivity contribution in [2.24, 2.45) is 0 Å². The first-order chi connectivity index (χ1) is 13.0. The van der Waals surface area contributed by atoms with Gasteiger partial charge in [0.15, 0.2) is 5.82 Å². The molecule has 2 aromatic rings. The van der Waals surface area contributed by atoms with E-state index in [1.54, 1.807) is 18.2 Å². The molecule has 9 heteroatoms. The monoisotopic (exact) mass is 371 g/mol. The Kier molecular flexibility index (Phi) is 6.12. The summed E-state index contributed by atoms with van der Waals surface area (Å²) >= 11 is 0. The maximum Gasteiger partial charge on any atom is 0.314 e. The zero-order valence-corrected chi connectivity index (χ0v) is 15.7. The Balaban J connectivity index is 1.52. The van der Waals surface area contributed by atoms with Crippen molar-refractivity contribution in [1.29, 1.82) is 0 Å². The number of rotatable bonds is 5. The van der Waals surface area contributed by atoms with Crippen LogP contribution in [0.5, 0.6) is 0 Å². The number of aromatic nitrogens is 4. The second kappa shape index (κ2) is 8.72. The molecule has 0 saturated carbocycles. The number of piperidine rings is 1. The summed E-state index contributed by atoms with van der Waals surface area (Å²) in [5, 5.41) is 17.4. The topological polar surface area (TPSA) is 105 Å². The predicted molar refractivity (Wildman–Crippen MR) is 100 cm³/mol. The lowest BCUT2D eigenvalue weighted by atomic mass is 10.0. The van der Waals surface area contributed by atoms with Crippen LogP contribution in [0.2, 0.25) is 0 Å². The van der Waals surface area contributed by atoms with Gasteiger partial charge < -0.3 is 10.6 Å². The average Bonchev–Trinajstić information content (AvgIpc) is 3.12. The van der Waals surface area contributed by atoms with Crippen LogP contribution in [-0.4, -0.2) is 62.4 Å². The molecule has 144 valence electrons. The molecule has 2 N–H and O–H groups in total.